The molecule has 7 nitrogen and oxygen atoms in total. The number of alkyl halides is 3. The van der Waals surface area contributed by atoms with Crippen molar-refractivity contribution in [1.82, 2.24) is 20.5 Å². The van der Waals surface area contributed by atoms with Crippen LogP contribution in [0.4, 0.5) is 13.2 Å². The van der Waals surface area contributed by atoms with Gasteiger partial charge in [0.2, 0.25) is 17.7 Å². The van der Waals surface area contributed by atoms with Crippen molar-refractivity contribution in [2.75, 3.05) is 0 Å². The molecule has 2 aromatic heterocycles. The lowest BCUT2D eigenvalue weighted by Crippen LogP contribution is -2.20. The van der Waals surface area contributed by atoms with Crippen LogP contribution >= 0.6 is 11.6 Å². The van der Waals surface area contributed by atoms with Crippen molar-refractivity contribution in [3.8, 4) is 11.5 Å². The molecule has 0 aliphatic heterocycles. The predicted octanol–water partition coefficient (Wildman–Crippen LogP) is 4.02. The Bertz CT molecular complexity index is 1110. The van der Waals surface area contributed by atoms with Crippen LogP contribution in [0.2, 0.25) is 5.02 Å². The zero-order valence-corrected chi connectivity index (χ0v) is 16.8. The number of allylic oxidation sites excluding steroid dienone is 1. The molecule has 3 aromatic rings. The zero-order chi connectivity index (χ0) is 22.6. The second-order valence-corrected chi connectivity index (χ2v) is 6.86. The molecule has 0 atom stereocenters. The number of aromatic nitrogens is 3. The number of halogens is 4. The lowest BCUT2D eigenvalue weighted by molar-refractivity contribution is -0.137. The molecule has 0 saturated heterocycles. The molecule has 2 heterocycles. The Kier molecular flexibility index (Phi) is 6.71. The number of aliphatic hydroxyl groups is 1. The van der Waals surface area contributed by atoms with Crippen LogP contribution in [0.1, 0.15) is 29.6 Å². The van der Waals surface area contributed by atoms with Crippen LogP contribution in [-0.2, 0) is 24.1 Å². The predicted molar refractivity (Wildman–Crippen MR) is 105 cm³/mol. The molecule has 0 aliphatic rings. The first-order chi connectivity index (χ1) is 14.7. The summed E-state index contributed by atoms with van der Waals surface area (Å²) in [4.78, 5) is 16.4. The van der Waals surface area contributed by atoms with E-state index < -0.39 is 24.3 Å². The Hall–Kier alpha value is -3.24. The molecule has 0 spiro atoms. The molecular formula is C20H16ClF3N4O3. The van der Waals surface area contributed by atoms with Crippen molar-refractivity contribution in [3.05, 3.63) is 70.3 Å². The van der Waals surface area contributed by atoms with Crippen molar-refractivity contribution >= 4 is 23.1 Å². The van der Waals surface area contributed by atoms with Crippen LogP contribution < -0.4 is 5.32 Å². The third-order valence-electron chi connectivity index (χ3n) is 4.16. The zero-order valence-electron chi connectivity index (χ0n) is 16.1. The fourth-order valence-electron chi connectivity index (χ4n) is 2.60. The van der Waals surface area contributed by atoms with E-state index in [0.717, 1.165) is 12.1 Å². The highest BCUT2D eigenvalue weighted by Gasteiger charge is 2.29. The standard InChI is InChI=1S/C20H16ClF3N4O3/c1-11(6-16(30)25-8-12-2-4-14(5-3-12)20(22,23)24)18-15(21)7-13(9-26-18)19-28-27-17(10-29)31-19/h2-7,9,29H,8,10H2,1H3,(H,25,30)/b11-6+. The van der Waals surface area contributed by atoms with E-state index in [2.05, 4.69) is 20.5 Å². The Labute approximate surface area is 179 Å². The Morgan fingerprint density at radius 1 is 1.26 bits per heavy atom. The van der Waals surface area contributed by atoms with Gasteiger partial charge >= 0.3 is 6.18 Å². The minimum absolute atomic E-state index is 0.0518. The fourth-order valence-corrected chi connectivity index (χ4v) is 2.91. The van der Waals surface area contributed by atoms with Gasteiger partial charge in [0.1, 0.15) is 6.61 Å². The molecule has 0 unspecified atom stereocenters. The van der Waals surface area contributed by atoms with Crippen molar-refractivity contribution in [3.63, 3.8) is 0 Å². The number of benzene rings is 1. The first-order valence-corrected chi connectivity index (χ1v) is 9.27. The molecule has 0 saturated carbocycles. The van der Waals surface area contributed by atoms with Gasteiger partial charge in [-0.2, -0.15) is 13.2 Å². The van der Waals surface area contributed by atoms with E-state index in [0.29, 0.717) is 22.4 Å². The van der Waals surface area contributed by atoms with Gasteiger partial charge < -0.3 is 14.8 Å². The maximum absolute atomic E-state index is 12.6. The van der Waals surface area contributed by atoms with Gasteiger partial charge in [-0.05, 0) is 36.3 Å². The van der Waals surface area contributed by atoms with Crippen molar-refractivity contribution in [1.29, 1.82) is 0 Å². The minimum atomic E-state index is -4.41. The molecule has 1 amide bonds. The van der Waals surface area contributed by atoms with Gasteiger partial charge in [0.15, 0.2) is 0 Å². The van der Waals surface area contributed by atoms with Crippen molar-refractivity contribution in [2.24, 2.45) is 0 Å². The third-order valence-corrected chi connectivity index (χ3v) is 4.45. The highest BCUT2D eigenvalue weighted by atomic mass is 35.5. The minimum Gasteiger partial charge on any atom is -0.418 e. The Balaban J connectivity index is 1.65. The van der Waals surface area contributed by atoms with Crippen LogP contribution in [0.5, 0.6) is 0 Å². The summed E-state index contributed by atoms with van der Waals surface area (Å²) < 4.78 is 43.0. The maximum Gasteiger partial charge on any atom is 0.416 e. The van der Waals surface area contributed by atoms with Crippen molar-refractivity contribution in [2.45, 2.75) is 26.3 Å². The average Bonchev–Trinajstić information content (AvgIpc) is 3.21. The fraction of sp³-hybridized carbons (Fsp3) is 0.200. The topological polar surface area (TPSA) is 101 Å². The van der Waals surface area contributed by atoms with Gasteiger partial charge in [-0.3, -0.25) is 9.78 Å². The van der Waals surface area contributed by atoms with Gasteiger partial charge in [-0.15, -0.1) is 10.2 Å². The molecule has 31 heavy (non-hydrogen) atoms. The van der Waals surface area contributed by atoms with E-state index in [4.69, 9.17) is 21.1 Å². The third kappa shape index (κ3) is 5.68. The number of nitrogens with one attached hydrogen (secondary N) is 1. The maximum atomic E-state index is 12.6. The first kappa shape index (κ1) is 22.4. The number of pyridine rings is 1. The summed E-state index contributed by atoms with van der Waals surface area (Å²) in [7, 11) is 0. The normalized spacial score (nSPS) is 12.1. The lowest BCUT2D eigenvalue weighted by atomic mass is 10.1. The van der Waals surface area contributed by atoms with Gasteiger partial charge in [0, 0.05) is 18.8 Å². The monoisotopic (exact) mass is 452 g/mol. The van der Waals surface area contributed by atoms with E-state index >= 15 is 0 Å². The van der Waals surface area contributed by atoms with Gasteiger partial charge in [0.25, 0.3) is 0 Å². The number of amides is 1. The molecule has 0 bridgehead atoms. The van der Waals surface area contributed by atoms with Gasteiger partial charge in [0.05, 0.1) is 21.8 Å². The van der Waals surface area contributed by atoms with Gasteiger partial charge in [-0.1, -0.05) is 23.7 Å². The summed E-state index contributed by atoms with van der Waals surface area (Å²) in [6.45, 7) is 1.31. The molecule has 1 aromatic carbocycles. The largest absolute Gasteiger partial charge is 0.418 e. The summed E-state index contributed by atoms with van der Waals surface area (Å²) in [6.07, 6.45) is -1.68. The molecule has 11 heteroatoms. The van der Waals surface area contributed by atoms with Gasteiger partial charge in [-0.25, -0.2) is 0 Å². The quantitative estimate of drug-likeness (QED) is 0.548. The Morgan fingerprint density at radius 2 is 1.97 bits per heavy atom. The second-order valence-electron chi connectivity index (χ2n) is 6.45. The highest BCUT2D eigenvalue weighted by Crippen LogP contribution is 2.29. The molecule has 3 rings (SSSR count). The summed E-state index contributed by atoms with van der Waals surface area (Å²) in [5.74, 6) is -0.263. The van der Waals surface area contributed by atoms with E-state index in [1.54, 1.807) is 6.92 Å². The smallest absolute Gasteiger partial charge is 0.416 e. The van der Waals surface area contributed by atoms with Crippen LogP contribution in [0.25, 0.3) is 17.0 Å². The van der Waals surface area contributed by atoms with E-state index in [9.17, 15) is 18.0 Å². The van der Waals surface area contributed by atoms with Crippen LogP contribution in [0, 0.1) is 0 Å². The molecule has 0 fully saturated rings. The number of hydrogen-bond acceptors (Lipinski definition) is 6. The number of nitrogens with zero attached hydrogens (tertiary/aromatic N) is 3. The summed E-state index contributed by atoms with van der Waals surface area (Å²) in [5.41, 5.74) is 1.05. The lowest BCUT2D eigenvalue weighted by Gasteiger charge is -2.08. The summed E-state index contributed by atoms with van der Waals surface area (Å²) >= 11 is 6.26. The second kappa shape index (κ2) is 9.27. The number of carbonyl (C=O) groups excluding carboxylic acids is 1. The highest BCUT2D eigenvalue weighted by molar-refractivity contribution is 6.32. The summed E-state index contributed by atoms with van der Waals surface area (Å²) in [6, 6.07) is 6.06. The molecule has 2 N–H and O–H groups in total. The van der Waals surface area contributed by atoms with Crippen LogP contribution in [0.3, 0.4) is 0 Å². The number of aliphatic hydroxyl groups excluding tert-OH is 1. The molecule has 162 valence electrons. The van der Waals surface area contributed by atoms with E-state index in [1.807, 2.05) is 0 Å². The SMILES string of the molecule is C/C(=C\C(=O)NCc1ccc(C(F)(F)F)cc1)c1ncc(-c2nnc(CO)o2)cc1Cl. The first-order valence-electron chi connectivity index (χ1n) is 8.89. The number of rotatable bonds is 6. The van der Waals surface area contributed by atoms with Crippen LogP contribution in [0.15, 0.2) is 47.0 Å². The average molecular weight is 453 g/mol. The molecular weight excluding hydrogens is 437 g/mol. The van der Waals surface area contributed by atoms with E-state index in [1.165, 1.54) is 30.5 Å². The number of carbonyl (C=O) groups is 1. The Morgan fingerprint density at radius 3 is 2.55 bits per heavy atom. The van der Waals surface area contributed by atoms with Crippen molar-refractivity contribution < 1.29 is 27.5 Å². The van der Waals surface area contributed by atoms with E-state index in [-0.39, 0.29) is 23.3 Å². The molecule has 0 radical (unpaired) electrons. The molecule has 0 aliphatic carbocycles. The number of hydrogen-bond donors (Lipinski definition) is 2. The summed E-state index contributed by atoms with van der Waals surface area (Å²) in [5, 5.41) is 19.2. The van der Waals surface area contributed by atoms with Crippen LogP contribution in [-0.4, -0.2) is 26.2 Å².